The van der Waals surface area contributed by atoms with Gasteiger partial charge < -0.3 is 13.3 Å². The van der Waals surface area contributed by atoms with Crippen LogP contribution in [-0.4, -0.2) is 19.9 Å². The monoisotopic (exact) mass is 808 g/mol. The van der Waals surface area contributed by atoms with E-state index in [1.54, 1.807) is 6.20 Å². The summed E-state index contributed by atoms with van der Waals surface area (Å²) in [6, 6.07) is 62.0. The van der Waals surface area contributed by atoms with Crippen LogP contribution in [0.3, 0.4) is 0 Å². The number of benzene rings is 8. The molecule has 0 aliphatic heterocycles. The molecule has 13 rings (SSSR count). The third-order valence-electron chi connectivity index (χ3n) is 12.1. The van der Waals surface area contributed by atoms with Gasteiger partial charge in [-0.2, -0.15) is 0 Å². The predicted octanol–water partition coefficient (Wildman–Crippen LogP) is 15.0. The van der Waals surface area contributed by atoms with Gasteiger partial charge in [-0.1, -0.05) is 133 Å². The second-order valence-corrected chi connectivity index (χ2v) is 15.8. The summed E-state index contributed by atoms with van der Waals surface area (Å²) in [5.74, 6) is 1.70. The Bertz CT molecular complexity index is 3900. The molecule has 0 amide bonds. The van der Waals surface area contributed by atoms with Crippen molar-refractivity contribution in [3.63, 3.8) is 0 Å². The van der Waals surface area contributed by atoms with Crippen LogP contribution in [0.4, 0.5) is 0 Å². The summed E-state index contributed by atoms with van der Waals surface area (Å²) in [6.07, 6.45) is 3.64. The molecule has 7 heteroatoms. The molecule has 0 saturated carbocycles. The molecule has 0 unspecified atom stereocenters. The summed E-state index contributed by atoms with van der Waals surface area (Å²) in [6.45, 7) is 0. The van der Waals surface area contributed by atoms with E-state index in [0.29, 0.717) is 17.5 Å². The van der Waals surface area contributed by atoms with E-state index in [4.69, 9.17) is 28.2 Å². The maximum atomic E-state index is 6.75. The summed E-state index contributed by atoms with van der Waals surface area (Å²) in [7, 11) is 0. The Morgan fingerprint density at radius 1 is 0.302 bits per heavy atom. The number of aromatic nitrogens is 4. The van der Waals surface area contributed by atoms with Crippen molar-refractivity contribution in [3.8, 4) is 67.5 Å². The second-order valence-electron chi connectivity index (χ2n) is 15.8. The number of hydrogen-bond donors (Lipinski definition) is 0. The molecule has 7 nitrogen and oxygen atoms in total. The minimum absolute atomic E-state index is 0.556. The minimum Gasteiger partial charge on any atom is -0.456 e. The lowest BCUT2D eigenvalue weighted by atomic mass is 9.92. The van der Waals surface area contributed by atoms with Crippen molar-refractivity contribution in [1.29, 1.82) is 0 Å². The number of pyridine rings is 1. The van der Waals surface area contributed by atoms with Crippen LogP contribution in [0.15, 0.2) is 208 Å². The SMILES string of the molecule is c1cncc(-c2ccc(-c3nc(-c4ccc(-c5ccc(-c6cccc7oc8ccccc8c67)c6oc7ccccc7c56)cc4)nc(-c4ccc5c(c4)oc4ccccc45)n3)cc2)c1. The second kappa shape index (κ2) is 13.9. The van der Waals surface area contributed by atoms with E-state index in [1.807, 2.05) is 72.9 Å². The van der Waals surface area contributed by atoms with Gasteiger partial charge in [0.2, 0.25) is 0 Å². The van der Waals surface area contributed by atoms with E-state index in [1.165, 1.54) is 0 Å². The molecule has 0 N–H and O–H groups in total. The first-order valence-corrected chi connectivity index (χ1v) is 20.8. The standard InChI is InChI=1S/C56H32N4O3/c1-4-14-46-40(10-1)41-27-26-37(31-50(41)62-46)56-59-54(35-22-18-33(19-23-35)38-9-8-30-57-32-38)58-55(60-56)36-24-20-34(21-25-36)39-28-29-43(53-52(39)45-12-3-6-16-48(45)63-53)42-13-7-17-49-51(42)44-11-2-5-15-47(44)61-49/h1-32H. The van der Waals surface area contributed by atoms with Gasteiger partial charge in [-0.3, -0.25) is 4.98 Å². The fraction of sp³-hybridized carbons (Fsp3) is 0. The molecule has 0 radical (unpaired) electrons. The van der Waals surface area contributed by atoms with Crippen molar-refractivity contribution >= 4 is 65.8 Å². The summed E-state index contributed by atoms with van der Waals surface area (Å²) < 4.78 is 19.3. The van der Waals surface area contributed by atoms with Crippen LogP contribution in [0.2, 0.25) is 0 Å². The van der Waals surface area contributed by atoms with E-state index in [0.717, 1.165) is 116 Å². The molecule has 0 aliphatic rings. The fourth-order valence-electron chi connectivity index (χ4n) is 9.05. The normalized spacial score (nSPS) is 11.8. The van der Waals surface area contributed by atoms with Gasteiger partial charge in [0, 0.05) is 67.0 Å². The van der Waals surface area contributed by atoms with Gasteiger partial charge in [-0.25, -0.2) is 15.0 Å². The van der Waals surface area contributed by atoms with Crippen LogP contribution < -0.4 is 0 Å². The molecule has 294 valence electrons. The number of hydrogen-bond acceptors (Lipinski definition) is 7. The van der Waals surface area contributed by atoms with E-state index in [-0.39, 0.29) is 0 Å². The van der Waals surface area contributed by atoms with Gasteiger partial charge in [-0.05, 0) is 76.3 Å². The van der Waals surface area contributed by atoms with Crippen LogP contribution >= 0.6 is 0 Å². The Hall–Kier alpha value is -8.68. The fourth-order valence-corrected chi connectivity index (χ4v) is 9.05. The third kappa shape index (κ3) is 5.75. The number of furan rings is 3. The van der Waals surface area contributed by atoms with Crippen molar-refractivity contribution in [2.24, 2.45) is 0 Å². The molecule has 0 spiro atoms. The number of rotatable bonds is 6. The first kappa shape index (κ1) is 35.1. The van der Waals surface area contributed by atoms with Crippen molar-refractivity contribution in [1.82, 2.24) is 19.9 Å². The first-order chi connectivity index (χ1) is 31.2. The molecule has 5 aromatic heterocycles. The molecule has 0 atom stereocenters. The van der Waals surface area contributed by atoms with Crippen LogP contribution in [0, 0.1) is 0 Å². The molecule has 5 heterocycles. The zero-order valence-corrected chi connectivity index (χ0v) is 33.5. The van der Waals surface area contributed by atoms with E-state index < -0.39 is 0 Å². The van der Waals surface area contributed by atoms with Crippen molar-refractivity contribution in [2.75, 3.05) is 0 Å². The summed E-state index contributed by atoms with van der Waals surface area (Å²) in [4.78, 5) is 19.6. The van der Waals surface area contributed by atoms with E-state index in [2.05, 4.69) is 120 Å². The van der Waals surface area contributed by atoms with E-state index in [9.17, 15) is 0 Å². The molecule has 63 heavy (non-hydrogen) atoms. The van der Waals surface area contributed by atoms with Crippen LogP contribution in [-0.2, 0) is 0 Å². The van der Waals surface area contributed by atoms with Crippen molar-refractivity contribution < 1.29 is 13.3 Å². The summed E-state index contributed by atoms with van der Waals surface area (Å²) in [5, 5.41) is 6.38. The smallest absolute Gasteiger partial charge is 0.164 e. The number of nitrogens with zero attached hydrogens (tertiary/aromatic N) is 4. The van der Waals surface area contributed by atoms with Crippen molar-refractivity contribution in [3.05, 3.63) is 194 Å². The molecule has 0 fully saturated rings. The number of fused-ring (bicyclic) bond motifs is 9. The largest absolute Gasteiger partial charge is 0.456 e. The summed E-state index contributed by atoms with van der Waals surface area (Å²) in [5.41, 5.74) is 13.9. The Morgan fingerprint density at radius 2 is 0.841 bits per heavy atom. The molecular formula is C56H32N4O3. The molecule has 0 saturated heterocycles. The maximum absolute atomic E-state index is 6.75. The lowest BCUT2D eigenvalue weighted by molar-refractivity contribution is 0.668. The Kier molecular flexibility index (Phi) is 7.77. The Morgan fingerprint density at radius 3 is 1.56 bits per heavy atom. The molecule has 0 bridgehead atoms. The lowest BCUT2D eigenvalue weighted by Crippen LogP contribution is -2.00. The summed E-state index contributed by atoms with van der Waals surface area (Å²) >= 11 is 0. The minimum atomic E-state index is 0.556. The predicted molar refractivity (Wildman–Crippen MR) is 252 cm³/mol. The zero-order chi connectivity index (χ0) is 41.4. The molecule has 8 aromatic carbocycles. The Labute approximate surface area is 359 Å². The topological polar surface area (TPSA) is 91.0 Å². The lowest BCUT2D eigenvalue weighted by Gasteiger charge is -2.11. The quantitative estimate of drug-likeness (QED) is 0.165. The average molecular weight is 809 g/mol. The molecule has 13 aromatic rings. The molecule has 0 aliphatic carbocycles. The number of para-hydroxylation sites is 3. The van der Waals surface area contributed by atoms with Crippen LogP contribution in [0.5, 0.6) is 0 Å². The third-order valence-corrected chi connectivity index (χ3v) is 12.1. The van der Waals surface area contributed by atoms with Gasteiger partial charge in [-0.15, -0.1) is 0 Å². The highest BCUT2D eigenvalue weighted by atomic mass is 16.3. The van der Waals surface area contributed by atoms with Gasteiger partial charge in [0.15, 0.2) is 17.5 Å². The van der Waals surface area contributed by atoms with Gasteiger partial charge >= 0.3 is 0 Å². The maximum Gasteiger partial charge on any atom is 0.164 e. The van der Waals surface area contributed by atoms with Gasteiger partial charge in [0.05, 0.1) is 0 Å². The highest BCUT2D eigenvalue weighted by molar-refractivity contribution is 6.20. The van der Waals surface area contributed by atoms with Crippen molar-refractivity contribution in [2.45, 2.75) is 0 Å². The highest BCUT2D eigenvalue weighted by Crippen LogP contribution is 2.45. The Balaban J connectivity index is 0.938. The van der Waals surface area contributed by atoms with Gasteiger partial charge in [0.25, 0.3) is 0 Å². The molecular weight excluding hydrogens is 777 g/mol. The average Bonchev–Trinajstić information content (AvgIpc) is 4.06. The van der Waals surface area contributed by atoms with Gasteiger partial charge in [0.1, 0.15) is 33.5 Å². The zero-order valence-electron chi connectivity index (χ0n) is 33.5. The highest BCUT2D eigenvalue weighted by Gasteiger charge is 2.21. The first-order valence-electron chi connectivity index (χ1n) is 20.8. The van der Waals surface area contributed by atoms with Crippen LogP contribution in [0.1, 0.15) is 0 Å². The van der Waals surface area contributed by atoms with E-state index >= 15 is 0 Å². The van der Waals surface area contributed by atoms with Crippen LogP contribution in [0.25, 0.3) is 133 Å².